The Balaban J connectivity index is 3.21. The molecule has 1 aliphatic carbocycles. The van der Waals surface area contributed by atoms with Crippen LogP contribution in [-0.4, -0.2) is 15.3 Å². The summed E-state index contributed by atoms with van der Waals surface area (Å²) in [6.07, 6.45) is 8.06. The molecular weight excluding hydrogens is 164 g/mol. The zero-order valence-corrected chi connectivity index (χ0v) is 8.29. The van der Waals surface area contributed by atoms with E-state index in [1.165, 1.54) is 12.8 Å². The molecular formula is C11H14S. The van der Waals surface area contributed by atoms with Crippen molar-refractivity contribution in [1.82, 2.24) is 0 Å². The summed E-state index contributed by atoms with van der Waals surface area (Å²) in [4.78, 5) is 0. The van der Waals surface area contributed by atoms with Crippen molar-refractivity contribution in [2.45, 2.75) is 25.0 Å². The second-order valence-corrected chi connectivity index (χ2v) is 5.98. The van der Waals surface area contributed by atoms with Gasteiger partial charge in [-0.15, -0.1) is 6.42 Å². The largest absolute Gasteiger partial charge is 0.108 e. The molecule has 1 unspecified atom stereocenters. The molecule has 1 aliphatic rings. The fraction of sp³-hybridized carbons (Fsp3) is 0.455. The van der Waals surface area contributed by atoms with Gasteiger partial charge in [0, 0.05) is 5.25 Å². The van der Waals surface area contributed by atoms with Crippen LogP contribution in [0.1, 0.15) is 19.8 Å². The van der Waals surface area contributed by atoms with Crippen LogP contribution in [0.3, 0.4) is 0 Å². The van der Waals surface area contributed by atoms with Crippen molar-refractivity contribution in [3.63, 3.8) is 0 Å². The first kappa shape index (κ1) is 9.30. The monoisotopic (exact) mass is 178 g/mol. The van der Waals surface area contributed by atoms with Gasteiger partial charge in [-0.1, -0.05) is 26.2 Å². The smallest absolute Gasteiger partial charge is 0.0192 e. The standard InChI is InChI=1S/C11H14S/c1-5-12(6-2,7-3)10(4)11-8-9-11/h1,10-11H,2-3,8-9H2,4H3. The third-order valence-corrected chi connectivity index (χ3v) is 5.27. The van der Waals surface area contributed by atoms with E-state index >= 15 is 0 Å². The molecule has 0 heterocycles. The third kappa shape index (κ3) is 1.38. The quantitative estimate of drug-likeness (QED) is 0.450. The summed E-state index contributed by atoms with van der Waals surface area (Å²) in [6.45, 7) is 9.52. The minimum absolute atomic E-state index is 0.470. The molecule has 1 rings (SSSR count). The van der Waals surface area contributed by atoms with Crippen molar-refractivity contribution < 1.29 is 0 Å². The van der Waals surface area contributed by atoms with Gasteiger partial charge in [0.25, 0.3) is 0 Å². The Bertz CT molecular complexity index is 352. The van der Waals surface area contributed by atoms with Crippen LogP contribution < -0.4 is 0 Å². The first-order valence-electron chi connectivity index (χ1n) is 4.07. The Labute approximate surface area is 75.5 Å². The predicted molar refractivity (Wildman–Crippen MR) is 59.9 cm³/mol. The van der Waals surface area contributed by atoms with E-state index in [0.29, 0.717) is 5.25 Å². The van der Waals surface area contributed by atoms with Crippen molar-refractivity contribution >= 4 is 19.3 Å². The van der Waals surface area contributed by atoms with Crippen molar-refractivity contribution in [3.05, 3.63) is 13.2 Å². The Morgan fingerprint density at radius 1 is 1.42 bits per heavy atom. The van der Waals surface area contributed by atoms with Gasteiger partial charge in [0.1, 0.15) is 0 Å². The fourth-order valence-electron chi connectivity index (χ4n) is 1.36. The zero-order chi connectivity index (χ0) is 9.19. The van der Waals surface area contributed by atoms with Crippen LogP contribution in [0.2, 0.25) is 0 Å². The summed E-state index contributed by atoms with van der Waals surface area (Å²) in [6, 6.07) is 0. The summed E-state index contributed by atoms with van der Waals surface area (Å²) < 4.78 is 0. The molecule has 0 amide bonds. The summed E-state index contributed by atoms with van der Waals surface area (Å²) >= 11 is 0. The lowest BCUT2D eigenvalue weighted by molar-refractivity contribution is 0.822. The van der Waals surface area contributed by atoms with Crippen LogP contribution in [0.15, 0.2) is 13.2 Å². The minimum Gasteiger partial charge on any atom is -0.108 e. The van der Waals surface area contributed by atoms with Gasteiger partial charge < -0.3 is 0 Å². The van der Waals surface area contributed by atoms with Crippen LogP contribution in [0.25, 0.3) is 0 Å². The first-order valence-corrected chi connectivity index (χ1v) is 5.77. The lowest BCUT2D eigenvalue weighted by Gasteiger charge is -2.14. The molecule has 0 radical (unpaired) electrons. The van der Waals surface area contributed by atoms with E-state index in [2.05, 4.69) is 35.4 Å². The van der Waals surface area contributed by atoms with Crippen LogP contribution in [0.5, 0.6) is 0 Å². The van der Waals surface area contributed by atoms with E-state index in [9.17, 15) is 0 Å². The van der Waals surface area contributed by atoms with Crippen LogP contribution >= 0.6 is 9.21 Å². The topological polar surface area (TPSA) is 0 Å². The van der Waals surface area contributed by atoms with Gasteiger partial charge in [-0.2, -0.15) is 0 Å². The van der Waals surface area contributed by atoms with Gasteiger partial charge in [-0.25, -0.2) is 0 Å². The van der Waals surface area contributed by atoms with E-state index in [1.54, 1.807) is 0 Å². The van der Waals surface area contributed by atoms with E-state index in [-0.39, 0.29) is 0 Å². The minimum atomic E-state index is -1.42. The highest BCUT2D eigenvalue weighted by Crippen LogP contribution is 2.44. The molecule has 1 saturated carbocycles. The summed E-state index contributed by atoms with van der Waals surface area (Å²) in [5.41, 5.74) is 0. The molecule has 0 aliphatic heterocycles. The number of rotatable bonds is 2. The molecule has 0 saturated heterocycles. The molecule has 0 N–H and O–H groups in total. The molecule has 1 fully saturated rings. The van der Waals surface area contributed by atoms with Crippen LogP contribution in [-0.2, 0) is 0 Å². The average molecular weight is 178 g/mol. The highest BCUT2D eigenvalue weighted by molar-refractivity contribution is 8.32. The van der Waals surface area contributed by atoms with Gasteiger partial charge in [0.05, 0.1) is 0 Å². The fourth-order valence-corrected chi connectivity index (χ4v) is 3.22. The molecule has 1 atom stereocenters. The molecule has 0 bridgehead atoms. The summed E-state index contributed by atoms with van der Waals surface area (Å²) in [7, 11) is -1.42. The van der Waals surface area contributed by atoms with Crippen molar-refractivity contribution in [1.29, 1.82) is 0 Å². The molecule has 12 heavy (non-hydrogen) atoms. The Hall–Kier alpha value is -0.790. The Kier molecular flexibility index (Phi) is 2.55. The van der Waals surface area contributed by atoms with E-state index in [0.717, 1.165) is 5.92 Å². The Morgan fingerprint density at radius 2 is 1.92 bits per heavy atom. The maximum absolute atomic E-state index is 5.48. The van der Waals surface area contributed by atoms with E-state index in [4.69, 9.17) is 6.42 Å². The second kappa shape index (κ2) is 3.30. The summed E-state index contributed by atoms with van der Waals surface area (Å²) in [5, 5.41) is 9.16. The number of hydrogen-bond donors (Lipinski definition) is 0. The molecule has 0 aromatic rings. The van der Waals surface area contributed by atoms with Crippen LogP contribution in [0, 0.1) is 17.6 Å². The highest BCUT2D eigenvalue weighted by atomic mass is 32.2. The molecule has 1 heteroatoms. The molecule has 0 nitrogen and oxygen atoms in total. The molecule has 0 spiro atoms. The number of hydrogen-bond acceptors (Lipinski definition) is 0. The van der Waals surface area contributed by atoms with Crippen molar-refractivity contribution in [3.8, 4) is 11.7 Å². The molecule has 0 aromatic carbocycles. The Morgan fingerprint density at radius 3 is 2.17 bits per heavy atom. The van der Waals surface area contributed by atoms with Crippen molar-refractivity contribution in [2.24, 2.45) is 5.92 Å². The van der Waals surface area contributed by atoms with Gasteiger partial charge in [0.15, 0.2) is 0 Å². The maximum atomic E-state index is 5.48. The molecule has 64 valence electrons. The predicted octanol–water partition coefficient (Wildman–Crippen LogP) is 2.35. The zero-order valence-electron chi connectivity index (χ0n) is 7.47. The first-order chi connectivity index (χ1) is 5.70. The van der Waals surface area contributed by atoms with E-state index < -0.39 is 9.21 Å². The van der Waals surface area contributed by atoms with Crippen LogP contribution in [0.4, 0.5) is 0 Å². The molecule has 0 aromatic heterocycles. The lowest BCUT2D eigenvalue weighted by Crippen LogP contribution is -2.04. The van der Waals surface area contributed by atoms with Gasteiger partial charge in [-0.3, -0.25) is 0 Å². The normalized spacial score (nSPS) is 18.7. The highest BCUT2D eigenvalue weighted by Gasteiger charge is 2.31. The van der Waals surface area contributed by atoms with Gasteiger partial charge >= 0.3 is 0 Å². The summed E-state index contributed by atoms with van der Waals surface area (Å²) in [5.74, 6) is 0.763. The number of terminal acetylenes is 1. The van der Waals surface area contributed by atoms with E-state index in [1.807, 2.05) is 0 Å². The lowest BCUT2D eigenvalue weighted by atomic mass is 10.3. The second-order valence-electron chi connectivity index (χ2n) is 3.11. The van der Waals surface area contributed by atoms with Gasteiger partial charge in [0.2, 0.25) is 0 Å². The maximum Gasteiger partial charge on any atom is 0.0192 e. The van der Waals surface area contributed by atoms with Gasteiger partial charge in [-0.05, 0) is 37.2 Å². The van der Waals surface area contributed by atoms with Crippen molar-refractivity contribution in [2.75, 3.05) is 0 Å². The average Bonchev–Trinajstić information content (AvgIpc) is 2.91. The SMILES string of the molecule is C#CS(=C=C)(=C=C)C(C)C1CC1. The third-order valence-electron chi connectivity index (χ3n) is 2.48.